The zero-order chi connectivity index (χ0) is 24.8. The molecule has 0 aliphatic carbocycles. The molecule has 3 amide bonds. The molecule has 1 saturated heterocycles. The van der Waals surface area contributed by atoms with Gasteiger partial charge in [-0.3, -0.25) is 14.4 Å². The number of aliphatic carboxylic acids is 1. The van der Waals surface area contributed by atoms with Gasteiger partial charge in [-0.2, -0.15) is 25.3 Å². The molecule has 1 aliphatic rings. The number of carbonyl (C=O) groups is 4. The van der Waals surface area contributed by atoms with Crippen LogP contribution in [-0.4, -0.2) is 80.9 Å². The van der Waals surface area contributed by atoms with E-state index in [0.29, 0.717) is 19.4 Å². The maximum Gasteiger partial charge on any atom is 0.326 e. The summed E-state index contributed by atoms with van der Waals surface area (Å²) in [4.78, 5) is 54.6. The van der Waals surface area contributed by atoms with Gasteiger partial charge in [0.2, 0.25) is 17.7 Å². The molecule has 0 bridgehead atoms. The number of carbonyl (C=O) groups excluding carboxylic acids is 3. The van der Waals surface area contributed by atoms with Crippen LogP contribution in [0.5, 0.6) is 0 Å². The highest BCUT2D eigenvalue weighted by Gasteiger charge is 2.38. The standard InChI is InChI=1S/C22H29N5O5S2/c23-14(10-33)19(28)25-16(8-12-9-24-15-5-2-1-4-13(12)15)20(29)26-17(11-34)21(30)27-7-3-6-18(27)22(31)32/h1-2,4-5,9,14,16-18,24,33-34H,3,6-8,10-11,23H2,(H,25,28)(H,26,29)(H,31,32). The van der Waals surface area contributed by atoms with Gasteiger partial charge in [0.25, 0.3) is 0 Å². The number of aromatic amines is 1. The largest absolute Gasteiger partial charge is 0.480 e. The van der Waals surface area contributed by atoms with Gasteiger partial charge in [0.15, 0.2) is 0 Å². The van der Waals surface area contributed by atoms with E-state index in [1.165, 1.54) is 4.90 Å². The van der Waals surface area contributed by atoms with Crippen molar-refractivity contribution < 1.29 is 24.3 Å². The molecule has 2 aromatic rings. The third kappa shape index (κ3) is 5.86. The van der Waals surface area contributed by atoms with E-state index in [-0.39, 0.29) is 17.9 Å². The van der Waals surface area contributed by atoms with E-state index < -0.39 is 47.9 Å². The average Bonchev–Trinajstić information content (AvgIpc) is 3.48. The van der Waals surface area contributed by atoms with Crippen LogP contribution in [0, 0.1) is 0 Å². The fourth-order valence-electron chi connectivity index (χ4n) is 4.04. The van der Waals surface area contributed by atoms with Gasteiger partial charge in [-0.05, 0) is 24.5 Å². The van der Waals surface area contributed by atoms with E-state index in [4.69, 9.17) is 5.73 Å². The van der Waals surface area contributed by atoms with Gasteiger partial charge in [-0.25, -0.2) is 4.79 Å². The van der Waals surface area contributed by atoms with E-state index >= 15 is 0 Å². The topological polar surface area (TPSA) is 158 Å². The molecule has 0 saturated carbocycles. The SMILES string of the molecule is NC(CS)C(=O)NC(Cc1c[nH]c2ccccc12)C(=O)NC(CS)C(=O)N1CCCC1C(=O)O. The molecule has 1 aliphatic heterocycles. The van der Waals surface area contributed by atoms with Crippen LogP contribution in [0.3, 0.4) is 0 Å². The first-order valence-electron chi connectivity index (χ1n) is 10.9. The van der Waals surface area contributed by atoms with Crippen molar-refractivity contribution in [2.24, 2.45) is 5.73 Å². The minimum absolute atomic E-state index is 0.0304. The lowest BCUT2D eigenvalue weighted by atomic mass is 10.0. The number of H-pyrrole nitrogens is 1. The number of amides is 3. The minimum atomic E-state index is -1.08. The Labute approximate surface area is 207 Å². The molecule has 12 heteroatoms. The van der Waals surface area contributed by atoms with Gasteiger partial charge in [0.1, 0.15) is 18.1 Å². The van der Waals surface area contributed by atoms with Crippen molar-refractivity contribution in [2.75, 3.05) is 18.1 Å². The number of thiol groups is 2. The molecule has 6 N–H and O–H groups in total. The molecule has 0 radical (unpaired) electrons. The lowest BCUT2D eigenvalue weighted by Gasteiger charge is -2.28. The number of carboxylic acid groups (broad SMARTS) is 1. The molecular formula is C22H29N5O5S2. The predicted molar refractivity (Wildman–Crippen MR) is 134 cm³/mol. The zero-order valence-electron chi connectivity index (χ0n) is 18.4. The maximum atomic E-state index is 13.2. The number of nitrogens with two attached hydrogens (primary N) is 1. The second kappa shape index (κ2) is 11.6. The second-order valence-corrected chi connectivity index (χ2v) is 8.92. The smallest absolute Gasteiger partial charge is 0.326 e. The number of rotatable bonds is 10. The van der Waals surface area contributed by atoms with E-state index in [1.54, 1.807) is 6.20 Å². The van der Waals surface area contributed by atoms with Gasteiger partial charge >= 0.3 is 5.97 Å². The number of hydrogen-bond donors (Lipinski definition) is 7. The molecule has 34 heavy (non-hydrogen) atoms. The minimum Gasteiger partial charge on any atom is -0.480 e. The Morgan fingerprint density at radius 1 is 1.12 bits per heavy atom. The number of carboxylic acids is 1. The molecule has 4 unspecified atom stereocenters. The Bertz CT molecular complexity index is 1060. The van der Waals surface area contributed by atoms with Crippen molar-refractivity contribution >= 4 is 59.9 Å². The van der Waals surface area contributed by atoms with Crippen LogP contribution in [0.25, 0.3) is 10.9 Å². The van der Waals surface area contributed by atoms with Gasteiger partial charge in [0, 0.05) is 41.6 Å². The molecule has 4 atom stereocenters. The number of para-hydroxylation sites is 1. The molecule has 1 fully saturated rings. The van der Waals surface area contributed by atoms with E-state index in [2.05, 4.69) is 40.9 Å². The van der Waals surface area contributed by atoms with Crippen molar-refractivity contribution in [3.05, 3.63) is 36.0 Å². The van der Waals surface area contributed by atoms with Crippen LogP contribution in [0.1, 0.15) is 18.4 Å². The average molecular weight is 508 g/mol. The molecule has 184 valence electrons. The van der Waals surface area contributed by atoms with E-state index in [9.17, 15) is 24.3 Å². The highest BCUT2D eigenvalue weighted by molar-refractivity contribution is 7.80. The Hall–Kier alpha value is -2.70. The highest BCUT2D eigenvalue weighted by Crippen LogP contribution is 2.20. The number of fused-ring (bicyclic) bond motifs is 1. The second-order valence-electron chi connectivity index (χ2n) is 8.19. The molecule has 10 nitrogen and oxygen atoms in total. The summed E-state index contributed by atoms with van der Waals surface area (Å²) in [6, 6.07) is 3.63. The molecule has 1 aromatic heterocycles. The molecule has 2 heterocycles. The van der Waals surface area contributed by atoms with Crippen LogP contribution >= 0.6 is 25.3 Å². The van der Waals surface area contributed by atoms with Crippen LogP contribution in [0.4, 0.5) is 0 Å². The normalized spacial score (nSPS) is 18.3. The summed E-state index contributed by atoms with van der Waals surface area (Å²) >= 11 is 8.23. The summed E-state index contributed by atoms with van der Waals surface area (Å²) in [5, 5.41) is 15.6. The number of benzene rings is 1. The summed E-state index contributed by atoms with van der Waals surface area (Å²) in [5.74, 6) is -2.68. The van der Waals surface area contributed by atoms with Crippen LogP contribution < -0.4 is 16.4 Å². The van der Waals surface area contributed by atoms with Crippen LogP contribution in [-0.2, 0) is 25.6 Å². The lowest BCUT2D eigenvalue weighted by molar-refractivity contribution is -0.149. The highest BCUT2D eigenvalue weighted by atomic mass is 32.1. The molecule has 0 spiro atoms. The number of hydrogen-bond acceptors (Lipinski definition) is 7. The molecule has 3 rings (SSSR count). The van der Waals surface area contributed by atoms with Crippen LogP contribution in [0.15, 0.2) is 30.5 Å². The van der Waals surface area contributed by atoms with Crippen LogP contribution in [0.2, 0.25) is 0 Å². The number of nitrogens with zero attached hydrogens (tertiary/aromatic N) is 1. The first kappa shape index (κ1) is 25.9. The van der Waals surface area contributed by atoms with Gasteiger partial charge in [-0.1, -0.05) is 18.2 Å². The van der Waals surface area contributed by atoms with E-state index in [1.807, 2.05) is 24.3 Å². The van der Waals surface area contributed by atoms with Gasteiger partial charge in [-0.15, -0.1) is 0 Å². The van der Waals surface area contributed by atoms with Crippen molar-refractivity contribution in [2.45, 2.75) is 43.4 Å². The first-order chi connectivity index (χ1) is 16.3. The van der Waals surface area contributed by atoms with Crippen molar-refractivity contribution in [3.8, 4) is 0 Å². The molecule has 1 aromatic carbocycles. The molecular weight excluding hydrogens is 478 g/mol. The maximum absolute atomic E-state index is 13.2. The predicted octanol–water partition coefficient (Wildman–Crippen LogP) is -0.0575. The third-order valence-electron chi connectivity index (χ3n) is 5.88. The summed E-state index contributed by atoms with van der Waals surface area (Å²) < 4.78 is 0. The van der Waals surface area contributed by atoms with Crippen molar-refractivity contribution in [3.63, 3.8) is 0 Å². The summed E-state index contributed by atoms with van der Waals surface area (Å²) in [5.41, 5.74) is 7.46. The lowest BCUT2D eigenvalue weighted by Crippen LogP contribution is -2.58. The Kier molecular flexibility index (Phi) is 8.86. The fourth-order valence-corrected chi connectivity index (χ4v) is 4.45. The summed E-state index contributed by atoms with van der Waals surface area (Å²) in [6.45, 7) is 0.294. The first-order valence-corrected chi connectivity index (χ1v) is 12.2. The summed E-state index contributed by atoms with van der Waals surface area (Å²) in [6.07, 6.45) is 2.83. The van der Waals surface area contributed by atoms with Crippen molar-refractivity contribution in [1.82, 2.24) is 20.5 Å². The summed E-state index contributed by atoms with van der Waals surface area (Å²) in [7, 11) is 0. The van der Waals surface area contributed by atoms with E-state index in [0.717, 1.165) is 16.5 Å². The Morgan fingerprint density at radius 2 is 1.82 bits per heavy atom. The Balaban J connectivity index is 1.79. The third-order valence-corrected chi connectivity index (χ3v) is 6.64. The quantitative estimate of drug-likeness (QED) is 0.223. The van der Waals surface area contributed by atoms with Gasteiger partial charge in [0.05, 0.1) is 6.04 Å². The number of likely N-dealkylation sites (tertiary alicyclic amines) is 1. The fraction of sp³-hybridized carbons (Fsp3) is 0.455. The van der Waals surface area contributed by atoms with Crippen molar-refractivity contribution in [1.29, 1.82) is 0 Å². The zero-order valence-corrected chi connectivity index (χ0v) is 20.2. The number of nitrogens with one attached hydrogen (secondary N) is 3. The number of aromatic nitrogens is 1. The Morgan fingerprint density at radius 3 is 2.50 bits per heavy atom. The van der Waals surface area contributed by atoms with Gasteiger partial charge < -0.3 is 31.4 Å². The monoisotopic (exact) mass is 507 g/mol.